The minimum atomic E-state index is -3.67. The van der Waals surface area contributed by atoms with Crippen LogP contribution >= 0.6 is 23.2 Å². The molecule has 0 aliphatic heterocycles. The summed E-state index contributed by atoms with van der Waals surface area (Å²) in [5.41, 5.74) is 1.60. The van der Waals surface area contributed by atoms with Crippen molar-refractivity contribution in [3.05, 3.63) is 93.0 Å². The first-order valence-corrected chi connectivity index (χ1v) is 11.5. The van der Waals surface area contributed by atoms with Crippen LogP contribution in [0.5, 0.6) is 5.75 Å². The number of carboxylic acids is 1. The van der Waals surface area contributed by atoms with Crippen molar-refractivity contribution >= 4 is 39.3 Å². The Morgan fingerprint density at radius 3 is 2.31 bits per heavy atom. The van der Waals surface area contributed by atoms with Gasteiger partial charge in [-0.1, -0.05) is 35.3 Å². The Labute approximate surface area is 194 Å². The van der Waals surface area contributed by atoms with Crippen LogP contribution in [0.2, 0.25) is 10.0 Å². The Balaban J connectivity index is 0.000000654. The average Bonchev–Trinajstić information content (AvgIpc) is 2.67. The highest BCUT2D eigenvalue weighted by molar-refractivity contribution is 7.85. The SMILES string of the molecule is CS(=O)(=O)O.O=C(O)c1cccc(Cc2cc(Cl)ccc2OCc2ccc(Cl)cc2F)n1. The van der Waals surface area contributed by atoms with Crippen molar-refractivity contribution in [2.24, 2.45) is 0 Å². The van der Waals surface area contributed by atoms with Gasteiger partial charge in [-0.3, -0.25) is 4.55 Å². The summed E-state index contributed by atoms with van der Waals surface area (Å²) < 4.78 is 45.6. The van der Waals surface area contributed by atoms with E-state index in [1.54, 1.807) is 42.5 Å². The number of pyridine rings is 1. The molecule has 0 fully saturated rings. The zero-order valence-electron chi connectivity index (χ0n) is 16.6. The maximum atomic E-state index is 13.9. The van der Waals surface area contributed by atoms with Crippen molar-refractivity contribution in [3.8, 4) is 5.75 Å². The summed E-state index contributed by atoms with van der Waals surface area (Å²) in [5.74, 6) is -1.04. The van der Waals surface area contributed by atoms with Gasteiger partial charge in [-0.25, -0.2) is 14.2 Å². The predicted molar refractivity (Wildman–Crippen MR) is 119 cm³/mol. The lowest BCUT2D eigenvalue weighted by molar-refractivity contribution is 0.0690. The second-order valence-corrected chi connectivity index (χ2v) is 8.84. The van der Waals surface area contributed by atoms with E-state index in [-0.39, 0.29) is 12.3 Å². The second kappa shape index (κ2) is 11.2. The van der Waals surface area contributed by atoms with Crippen LogP contribution in [-0.2, 0) is 23.1 Å². The largest absolute Gasteiger partial charge is 0.489 e. The fourth-order valence-corrected chi connectivity index (χ4v) is 2.87. The minimum absolute atomic E-state index is 0.0141. The molecule has 2 aromatic carbocycles. The molecule has 3 rings (SSSR count). The molecule has 0 saturated heterocycles. The smallest absolute Gasteiger partial charge is 0.354 e. The third kappa shape index (κ3) is 8.80. The van der Waals surface area contributed by atoms with E-state index in [1.165, 1.54) is 12.1 Å². The molecule has 2 N–H and O–H groups in total. The average molecular weight is 502 g/mol. The molecule has 1 aromatic heterocycles. The highest BCUT2D eigenvalue weighted by Crippen LogP contribution is 2.26. The Morgan fingerprint density at radius 1 is 1.06 bits per heavy atom. The molecule has 0 aliphatic rings. The molecule has 3 aromatic rings. The molecule has 0 atom stereocenters. The maximum Gasteiger partial charge on any atom is 0.354 e. The van der Waals surface area contributed by atoms with Crippen molar-refractivity contribution in [1.29, 1.82) is 0 Å². The lowest BCUT2D eigenvalue weighted by Gasteiger charge is -2.13. The molecule has 0 saturated carbocycles. The van der Waals surface area contributed by atoms with Crippen LogP contribution in [0.15, 0.2) is 54.6 Å². The van der Waals surface area contributed by atoms with Crippen LogP contribution in [0.25, 0.3) is 0 Å². The third-order valence-corrected chi connectivity index (χ3v) is 4.29. The van der Waals surface area contributed by atoms with E-state index in [1.807, 2.05) is 0 Å². The van der Waals surface area contributed by atoms with Crippen molar-refractivity contribution < 1.29 is 32.0 Å². The molecule has 11 heteroatoms. The van der Waals surface area contributed by atoms with Crippen LogP contribution < -0.4 is 4.74 Å². The normalized spacial score (nSPS) is 10.8. The van der Waals surface area contributed by atoms with Gasteiger partial charge in [0.05, 0.1) is 6.26 Å². The molecular weight excluding hydrogens is 484 g/mol. The van der Waals surface area contributed by atoms with E-state index in [9.17, 15) is 17.6 Å². The lowest BCUT2D eigenvalue weighted by atomic mass is 10.1. The molecule has 0 aliphatic carbocycles. The molecule has 0 spiro atoms. The number of carbonyl (C=O) groups is 1. The molecule has 170 valence electrons. The van der Waals surface area contributed by atoms with Gasteiger partial charge in [-0.15, -0.1) is 0 Å². The fraction of sp³-hybridized carbons (Fsp3) is 0.143. The number of rotatable bonds is 6. The summed E-state index contributed by atoms with van der Waals surface area (Å²) in [5, 5.41) is 9.89. The Hall–Kier alpha value is -2.72. The van der Waals surface area contributed by atoms with Crippen LogP contribution in [0.4, 0.5) is 4.39 Å². The molecule has 1 heterocycles. The van der Waals surface area contributed by atoms with Crippen LogP contribution in [0, 0.1) is 5.82 Å². The second-order valence-electron chi connectivity index (χ2n) is 6.51. The molecule has 0 radical (unpaired) electrons. The van der Waals surface area contributed by atoms with E-state index in [2.05, 4.69) is 4.98 Å². The van der Waals surface area contributed by atoms with E-state index < -0.39 is 21.9 Å². The Kier molecular flexibility index (Phi) is 8.97. The quantitative estimate of drug-likeness (QED) is 0.461. The standard InChI is InChI=1S/C20H14Cl2FNO3.CH4O3S/c21-14-6-7-19(27-11-12-4-5-15(22)10-17(12)23)13(8-14)9-16-2-1-3-18(24-16)20(25)26;1-5(2,3)4/h1-8,10H,9,11H2,(H,25,26);1H3,(H,2,3,4). The van der Waals surface area contributed by atoms with Gasteiger partial charge in [0, 0.05) is 33.3 Å². The molecule has 32 heavy (non-hydrogen) atoms. The van der Waals surface area contributed by atoms with Crippen LogP contribution in [-0.4, -0.2) is 35.3 Å². The number of aromatic nitrogens is 1. The molecule has 0 bridgehead atoms. The van der Waals surface area contributed by atoms with E-state index in [0.29, 0.717) is 45.3 Å². The van der Waals surface area contributed by atoms with Crippen LogP contribution in [0.1, 0.15) is 27.3 Å². The fourth-order valence-electron chi connectivity index (χ4n) is 2.51. The summed E-state index contributed by atoms with van der Waals surface area (Å²) in [6, 6.07) is 14.2. The number of hydrogen-bond donors (Lipinski definition) is 2. The topological polar surface area (TPSA) is 114 Å². The van der Waals surface area contributed by atoms with Gasteiger partial charge >= 0.3 is 5.97 Å². The Morgan fingerprint density at radius 2 is 1.69 bits per heavy atom. The summed E-state index contributed by atoms with van der Waals surface area (Å²) in [6.45, 7) is 0.0141. The summed E-state index contributed by atoms with van der Waals surface area (Å²) in [4.78, 5) is 15.2. The molecule has 0 amide bonds. The number of nitrogens with zero attached hydrogens (tertiary/aromatic N) is 1. The number of aromatic carboxylic acids is 1. The monoisotopic (exact) mass is 501 g/mol. The number of benzene rings is 2. The van der Waals surface area contributed by atoms with Gasteiger partial charge in [-0.05, 0) is 42.5 Å². The van der Waals surface area contributed by atoms with Crippen molar-refractivity contribution in [1.82, 2.24) is 4.98 Å². The van der Waals surface area contributed by atoms with Crippen molar-refractivity contribution in [2.75, 3.05) is 6.26 Å². The van der Waals surface area contributed by atoms with Crippen LogP contribution in [0.3, 0.4) is 0 Å². The zero-order chi connectivity index (χ0) is 23.9. The van der Waals surface area contributed by atoms with Gasteiger partial charge in [0.15, 0.2) is 0 Å². The lowest BCUT2D eigenvalue weighted by Crippen LogP contribution is -2.05. The third-order valence-electron chi connectivity index (χ3n) is 3.82. The Bertz CT molecular complexity index is 1210. The van der Waals surface area contributed by atoms with Crippen molar-refractivity contribution in [2.45, 2.75) is 13.0 Å². The first-order chi connectivity index (χ1) is 14.9. The van der Waals surface area contributed by atoms with Gasteiger partial charge < -0.3 is 9.84 Å². The molecule has 0 unspecified atom stereocenters. The van der Waals surface area contributed by atoms with E-state index >= 15 is 0 Å². The highest BCUT2D eigenvalue weighted by atomic mass is 35.5. The number of carboxylic acid groups (broad SMARTS) is 1. The first kappa shape index (κ1) is 25.5. The number of hydrogen-bond acceptors (Lipinski definition) is 5. The maximum absolute atomic E-state index is 13.9. The zero-order valence-corrected chi connectivity index (χ0v) is 19.0. The minimum Gasteiger partial charge on any atom is -0.489 e. The van der Waals surface area contributed by atoms with Crippen molar-refractivity contribution in [3.63, 3.8) is 0 Å². The van der Waals surface area contributed by atoms with E-state index in [4.69, 9.17) is 37.6 Å². The first-order valence-electron chi connectivity index (χ1n) is 8.89. The summed E-state index contributed by atoms with van der Waals surface area (Å²) >= 11 is 11.8. The number of halogens is 3. The van der Waals surface area contributed by atoms with Gasteiger partial charge in [-0.2, -0.15) is 8.42 Å². The van der Waals surface area contributed by atoms with Gasteiger partial charge in [0.25, 0.3) is 10.1 Å². The molecular formula is C21H18Cl2FNO6S. The summed E-state index contributed by atoms with van der Waals surface area (Å²) in [7, 11) is -3.67. The number of ether oxygens (including phenoxy) is 1. The summed E-state index contributed by atoms with van der Waals surface area (Å²) in [6.07, 6.45) is 1.03. The highest BCUT2D eigenvalue weighted by Gasteiger charge is 2.11. The van der Waals surface area contributed by atoms with Gasteiger partial charge in [0.2, 0.25) is 0 Å². The molecule has 7 nitrogen and oxygen atoms in total. The van der Waals surface area contributed by atoms with Gasteiger partial charge in [0.1, 0.15) is 23.9 Å². The predicted octanol–water partition coefficient (Wildman–Crippen LogP) is 4.90. The van der Waals surface area contributed by atoms with E-state index in [0.717, 1.165) is 0 Å².